The number of nitriles is 1. The van der Waals surface area contributed by atoms with Crippen LogP contribution in [0, 0.1) is 17.2 Å². The molecule has 0 atom stereocenters. The van der Waals surface area contributed by atoms with Gasteiger partial charge in [0.25, 0.3) is 0 Å². The first-order valence-electron chi connectivity index (χ1n) is 7.29. The van der Waals surface area contributed by atoms with Crippen molar-refractivity contribution in [2.75, 3.05) is 0 Å². The van der Waals surface area contributed by atoms with Crippen molar-refractivity contribution in [3.8, 4) is 6.07 Å². The van der Waals surface area contributed by atoms with Crippen LogP contribution in [0.2, 0.25) is 0 Å². The monoisotopic (exact) mass is 266 g/mol. The highest BCUT2D eigenvalue weighted by atomic mass is 16.1. The predicted molar refractivity (Wildman–Crippen MR) is 78.2 cm³/mol. The van der Waals surface area contributed by atoms with Crippen molar-refractivity contribution in [3.05, 3.63) is 36.0 Å². The molecule has 102 valence electrons. The average molecular weight is 266 g/mol. The molecule has 0 bridgehead atoms. The number of rotatable bonds is 3. The Bertz CT molecular complexity index is 672. The lowest BCUT2D eigenvalue weighted by molar-refractivity contribution is -0.124. The van der Waals surface area contributed by atoms with Gasteiger partial charge in [-0.15, -0.1) is 0 Å². The Morgan fingerprint density at radius 3 is 2.80 bits per heavy atom. The van der Waals surface area contributed by atoms with Gasteiger partial charge in [0.05, 0.1) is 18.2 Å². The van der Waals surface area contributed by atoms with Gasteiger partial charge in [-0.3, -0.25) is 4.79 Å². The summed E-state index contributed by atoms with van der Waals surface area (Å²) in [5.74, 6) is 0.574. The normalized spacial score (nSPS) is 16.1. The highest BCUT2D eigenvalue weighted by Gasteiger charge is 2.21. The summed E-state index contributed by atoms with van der Waals surface area (Å²) in [6, 6.07) is 9.78. The molecule has 1 fully saturated rings. The van der Waals surface area contributed by atoms with Crippen LogP contribution in [0.3, 0.4) is 0 Å². The molecule has 0 N–H and O–H groups in total. The number of fused-ring (bicyclic) bond motifs is 1. The number of Topliss-reactive ketones (excluding diaryl/α,β-unsaturated/α-hetero) is 1. The van der Waals surface area contributed by atoms with Gasteiger partial charge in [0.15, 0.2) is 5.78 Å². The Morgan fingerprint density at radius 2 is 2.05 bits per heavy atom. The van der Waals surface area contributed by atoms with E-state index in [9.17, 15) is 4.79 Å². The summed E-state index contributed by atoms with van der Waals surface area (Å²) >= 11 is 0. The molecule has 0 amide bonds. The van der Waals surface area contributed by atoms with Crippen molar-refractivity contribution in [1.82, 2.24) is 4.57 Å². The number of hydrogen-bond acceptors (Lipinski definition) is 2. The molecule has 20 heavy (non-hydrogen) atoms. The van der Waals surface area contributed by atoms with Crippen LogP contribution in [0.15, 0.2) is 30.5 Å². The first-order valence-corrected chi connectivity index (χ1v) is 7.29. The lowest BCUT2D eigenvalue weighted by Gasteiger charge is -2.20. The van der Waals surface area contributed by atoms with Gasteiger partial charge in [0, 0.05) is 17.6 Å². The molecular formula is C17H18N2O. The van der Waals surface area contributed by atoms with Gasteiger partial charge in [-0.25, -0.2) is 0 Å². The maximum Gasteiger partial charge on any atom is 0.155 e. The summed E-state index contributed by atoms with van der Waals surface area (Å²) in [5, 5.41) is 10.1. The molecule has 3 heteroatoms. The standard InChI is InChI=1S/C17H18N2O/c18-11-13-6-7-14-8-9-19(16(14)10-13)12-17(20)15-4-2-1-3-5-15/h6-10,15H,1-5,12H2. The second-order valence-electron chi connectivity index (χ2n) is 5.63. The molecule has 1 aliphatic carbocycles. The van der Waals surface area contributed by atoms with E-state index in [1.54, 1.807) is 0 Å². The first kappa shape index (κ1) is 12.9. The number of aromatic nitrogens is 1. The molecule has 2 aromatic rings. The SMILES string of the molecule is N#Cc1ccc2ccn(CC(=O)C3CCCCC3)c2c1. The Morgan fingerprint density at radius 1 is 1.25 bits per heavy atom. The summed E-state index contributed by atoms with van der Waals surface area (Å²) < 4.78 is 1.98. The van der Waals surface area contributed by atoms with Crippen LogP contribution in [0.25, 0.3) is 10.9 Å². The van der Waals surface area contributed by atoms with Crippen molar-refractivity contribution in [2.24, 2.45) is 5.92 Å². The summed E-state index contributed by atoms with van der Waals surface area (Å²) in [6.45, 7) is 0.434. The van der Waals surface area contributed by atoms with Crippen LogP contribution in [-0.2, 0) is 11.3 Å². The lowest BCUT2D eigenvalue weighted by atomic mass is 9.86. The topological polar surface area (TPSA) is 45.8 Å². The maximum atomic E-state index is 12.4. The van der Waals surface area contributed by atoms with Crippen LogP contribution in [0.5, 0.6) is 0 Å². The van der Waals surface area contributed by atoms with Crippen molar-refractivity contribution in [2.45, 2.75) is 38.6 Å². The maximum absolute atomic E-state index is 12.4. The van der Waals surface area contributed by atoms with Gasteiger partial charge < -0.3 is 4.57 Å². The molecule has 1 aromatic carbocycles. The summed E-state index contributed by atoms with van der Waals surface area (Å²) in [7, 11) is 0. The summed E-state index contributed by atoms with van der Waals surface area (Å²) in [4.78, 5) is 12.4. The van der Waals surface area contributed by atoms with Crippen molar-refractivity contribution >= 4 is 16.7 Å². The van der Waals surface area contributed by atoms with Gasteiger partial charge in [0.2, 0.25) is 0 Å². The van der Waals surface area contributed by atoms with E-state index in [2.05, 4.69) is 6.07 Å². The number of hydrogen-bond donors (Lipinski definition) is 0. The Labute approximate surface area is 118 Å². The fraction of sp³-hybridized carbons (Fsp3) is 0.412. The van der Waals surface area contributed by atoms with E-state index in [-0.39, 0.29) is 5.92 Å². The Balaban J connectivity index is 1.83. The Kier molecular flexibility index (Phi) is 3.56. The van der Waals surface area contributed by atoms with Crippen LogP contribution >= 0.6 is 0 Å². The van der Waals surface area contributed by atoms with Crippen molar-refractivity contribution in [3.63, 3.8) is 0 Å². The zero-order valence-corrected chi connectivity index (χ0v) is 11.5. The van der Waals surface area contributed by atoms with E-state index in [0.29, 0.717) is 17.9 Å². The second-order valence-corrected chi connectivity index (χ2v) is 5.63. The van der Waals surface area contributed by atoms with E-state index in [4.69, 9.17) is 5.26 Å². The molecule has 1 aromatic heterocycles. The highest BCUT2D eigenvalue weighted by molar-refractivity contribution is 5.86. The minimum atomic E-state index is 0.236. The quantitative estimate of drug-likeness (QED) is 0.851. The molecule has 3 rings (SSSR count). The predicted octanol–water partition coefficient (Wildman–Crippen LogP) is 3.66. The minimum Gasteiger partial charge on any atom is -0.340 e. The van der Waals surface area contributed by atoms with Crippen LogP contribution < -0.4 is 0 Å². The van der Waals surface area contributed by atoms with Crippen LogP contribution in [0.1, 0.15) is 37.7 Å². The number of carbonyl (C=O) groups excluding carboxylic acids is 1. The number of benzene rings is 1. The summed E-state index contributed by atoms with van der Waals surface area (Å²) in [5.41, 5.74) is 1.62. The molecule has 1 heterocycles. The molecule has 1 aliphatic rings. The molecule has 1 saturated carbocycles. The van der Waals surface area contributed by atoms with Gasteiger partial charge in [-0.1, -0.05) is 25.3 Å². The molecule has 3 nitrogen and oxygen atoms in total. The minimum absolute atomic E-state index is 0.236. The molecule has 0 spiro atoms. The van der Waals surface area contributed by atoms with Crippen molar-refractivity contribution < 1.29 is 4.79 Å². The molecule has 0 aliphatic heterocycles. The molecule has 0 saturated heterocycles. The average Bonchev–Trinajstić information content (AvgIpc) is 2.90. The van der Waals surface area contributed by atoms with E-state index in [0.717, 1.165) is 23.7 Å². The fourth-order valence-electron chi connectivity index (χ4n) is 3.11. The van der Waals surface area contributed by atoms with E-state index in [1.807, 2.05) is 35.0 Å². The zero-order valence-electron chi connectivity index (χ0n) is 11.5. The number of ketones is 1. The molecular weight excluding hydrogens is 248 g/mol. The van der Waals surface area contributed by atoms with Crippen LogP contribution in [-0.4, -0.2) is 10.4 Å². The second kappa shape index (κ2) is 5.50. The van der Waals surface area contributed by atoms with Gasteiger partial charge in [-0.2, -0.15) is 5.26 Å². The van der Waals surface area contributed by atoms with Gasteiger partial charge in [-0.05, 0) is 36.4 Å². The first-order chi connectivity index (χ1) is 9.78. The third kappa shape index (κ3) is 2.46. The van der Waals surface area contributed by atoms with Gasteiger partial charge >= 0.3 is 0 Å². The third-order valence-corrected chi connectivity index (χ3v) is 4.29. The van der Waals surface area contributed by atoms with E-state index in [1.165, 1.54) is 19.3 Å². The fourth-order valence-corrected chi connectivity index (χ4v) is 3.11. The largest absolute Gasteiger partial charge is 0.340 e. The number of nitrogens with zero attached hydrogens (tertiary/aromatic N) is 2. The molecule has 0 unspecified atom stereocenters. The van der Waals surface area contributed by atoms with E-state index < -0.39 is 0 Å². The number of carbonyl (C=O) groups is 1. The van der Waals surface area contributed by atoms with Gasteiger partial charge in [0.1, 0.15) is 0 Å². The summed E-state index contributed by atoms with van der Waals surface area (Å²) in [6.07, 6.45) is 7.67. The Hall–Kier alpha value is -2.08. The lowest BCUT2D eigenvalue weighted by Crippen LogP contribution is -2.22. The smallest absolute Gasteiger partial charge is 0.155 e. The molecule has 0 radical (unpaired) electrons. The third-order valence-electron chi connectivity index (χ3n) is 4.29. The van der Waals surface area contributed by atoms with E-state index >= 15 is 0 Å². The van der Waals surface area contributed by atoms with Crippen LogP contribution in [0.4, 0.5) is 0 Å². The highest BCUT2D eigenvalue weighted by Crippen LogP contribution is 2.25. The zero-order chi connectivity index (χ0) is 13.9. The van der Waals surface area contributed by atoms with Crippen molar-refractivity contribution in [1.29, 1.82) is 5.26 Å².